The SMILES string of the molecule is CCCCOC(=O)[C@@H]1CCCN1S(=O)(=O)c1ccc(C)nc1O[C@@H](C)CCC=O. The lowest BCUT2D eigenvalue weighted by molar-refractivity contribution is -0.147. The van der Waals surface area contributed by atoms with Gasteiger partial charge in [0.2, 0.25) is 15.9 Å². The summed E-state index contributed by atoms with van der Waals surface area (Å²) < 4.78 is 38.9. The molecule has 1 aromatic heterocycles. The topological polar surface area (TPSA) is 103 Å². The van der Waals surface area contributed by atoms with Gasteiger partial charge in [0.1, 0.15) is 17.2 Å². The average Bonchev–Trinajstić information content (AvgIpc) is 3.17. The van der Waals surface area contributed by atoms with Crippen LogP contribution in [0.2, 0.25) is 0 Å². The van der Waals surface area contributed by atoms with Gasteiger partial charge in [-0.15, -0.1) is 0 Å². The molecule has 1 aliphatic rings. The first-order chi connectivity index (χ1) is 13.8. The van der Waals surface area contributed by atoms with Crippen molar-refractivity contribution in [3.05, 3.63) is 17.8 Å². The van der Waals surface area contributed by atoms with Gasteiger partial charge < -0.3 is 14.3 Å². The number of ether oxygens (including phenoxy) is 2. The van der Waals surface area contributed by atoms with Gasteiger partial charge in [-0.05, 0) is 51.7 Å². The van der Waals surface area contributed by atoms with Gasteiger partial charge in [-0.1, -0.05) is 13.3 Å². The molecule has 0 N–H and O–H groups in total. The Balaban J connectivity index is 2.27. The van der Waals surface area contributed by atoms with Gasteiger partial charge in [0, 0.05) is 18.7 Å². The molecule has 1 saturated heterocycles. The lowest BCUT2D eigenvalue weighted by Gasteiger charge is -2.24. The van der Waals surface area contributed by atoms with Gasteiger partial charge in [0.05, 0.1) is 12.7 Å². The molecule has 2 heterocycles. The molecule has 1 fully saturated rings. The number of nitrogens with zero attached hydrogens (tertiary/aromatic N) is 2. The monoisotopic (exact) mass is 426 g/mol. The van der Waals surface area contributed by atoms with Gasteiger partial charge in [-0.2, -0.15) is 4.31 Å². The second-order valence-electron chi connectivity index (χ2n) is 7.22. The summed E-state index contributed by atoms with van der Waals surface area (Å²) >= 11 is 0. The first-order valence-corrected chi connectivity index (χ1v) is 11.5. The molecular weight excluding hydrogens is 396 g/mol. The van der Waals surface area contributed by atoms with Crippen LogP contribution in [0.5, 0.6) is 5.88 Å². The van der Waals surface area contributed by atoms with Crippen LogP contribution in [0.3, 0.4) is 0 Å². The zero-order valence-corrected chi connectivity index (χ0v) is 18.1. The van der Waals surface area contributed by atoms with E-state index in [1.807, 2.05) is 6.92 Å². The fourth-order valence-electron chi connectivity index (χ4n) is 3.16. The molecule has 1 aromatic rings. The molecule has 2 atom stereocenters. The number of rotatable bonds is 11. The first-order valence-electron chi connectivity index (χ1n) is 10.1. The number of aldehydes is 1. The van der Waals surface area contributed by atoms with E-state index >= 15 is 0 Å². The normalized spacial score (nSPS) is 18.4. The van der Waals surface area contributed by atoms with Crippen molar-refractivity contribution >= 4 is 22.3 Å². The highest BCUT2D eigenvalue weighted by Crippen LogP contribution is 2.32. The van der Waals surface area contributed by atoms with E-state index < -0.39 is 22.0 Å². The summed E-state index contributed by atoms with van der Waals surface area (Å²) in [7, 11) is -4.00. The van der Waals surface area contributed by atoms with E-state index in [2.05, 4.69) is 4.98 Å². The third-order valence-corrected chi connectivity index (χ3v) is 6.69. The van der Waals surface area contributed by atoms with Gasteiger partial charge in [-0.3, -0.25) is 4.79 Å². The van der Waals surface area contributed by atoms with E-state index in [0.29, 0.717) is 31.4 Å². The maximum Gasteiger partial charge on any atom is 0.324 e. The zero-order chi connectivity index (χ0) is 21.4. The fraction of sp³-hybridized carbons (Fsp3) is 0.650. The highest BCUT2D eigenvalue weighted by atomic mass is 32.2. The van der Waals surface area contributed by atoms with Crippen molar-refractivity contribution in [3.8, 4) is 5.88 Å². The lowest BCUT2D eigenvalue weighted by atomic mass is 10.2. The second-order valence-corrected chi connectivity index (χ2v) is 9.08. The minimum atomic E-state index is -4.00. The summed E-state index contributed by atoms with van der Waals surface area (Å²) in [5, 5.41) is 0. The Morgan fingerprint density at radius 1 is 1.41 bits per heavy atom. The molecule has 0 radical (unpaired) electrons. The number of hydrogen-bond acceptors (Lipinski definition) is 7. The molecule has 29 heavy (non-hydrogen) atoms. The summed E-state index contributed by atoms with van der Waals surface area (Å²) in [6, 6.07) is 2.22. The molecule has 0 saturated carbocycles. The summed E-state index contributed by atoms with van der Waals surface area (Å²) in [6.07, 6.45) is 3.81. The standard InChI is InChI=1S/C20H30N2O6S/c1-4-5-14-27-20(24)17-9-6-12-22(17)29(25,26)18-11-10-15(2)21-19(18)28-16(3)8-7-13-23/h10-11,13,16-17H,4-9,12,14H2,1-3H3/t16-,17-/m0/s1. The Kier molecular flexibility index (Phi) is 8.58. The molecule has 0 bridgehead atoms. The average molecular weight is 427 g/mol. The van der Waals surface area contributed by atoms with Crippen molar-refractivity contribution in [3.63, 3.8) is 0 Å². The van der Waals surface area contributed by atoms with E-state index in [-0.39, 0.29) is 30.0 Å². The van der Waals surface area contributed by atoms with E-state index in [1.165, 1.54) is 10.4 Å². The largest absolute Gasteiger partial charge is 0.474 e. The summed E-state index contributed by atoms with van der Waals surface area (Å²) in [4.78, 5) is 27.2. The maximum atomic E-state index is 13.3. The number of sulfonamides is 1. The molecule has 8 nitrogen and oxygen atoms in total. The number of pyridine rings is 1. The van der Waals surface area contributed by atoms with Crippen molar-refractivity contribution in [1.82, 2.24) is 9.29 Å². The van der Waals surface area contributed by atoms with E-state index in [9.17, 15) is 18.0 Å². The number of hydrogen-bond donors (Lipinski definition) is 0. The van der Waals surface area contributed by atoms with Crippen LogP contribution in [0.1, 0.15) is 58.1 Å². The number of carbonyl (C=O) groups is 2. The Labute approximate surface area is 172 Å². The summed E-state index contributed by atoms with van der Waals surface area (Å²) in [6.45, 7) is 6.01. The molecule has 0 unspecified atom stereocenters. The molecule has 9 heteroatoms. The van der Waals surface area contributed by atoms with Crippen LogP contribution >= 0.6 is 0 Å². The molecule has 0 spiro atoms. The Hall–Kier alpha value is -2.00. The third kappa shape index (κ3) is 5.99. The molecule has 2 rings (SSSR count). The number of aryl methyl sites for hydroxylation is 1. The zero-order valence-electron chi connectivity index (χ0n) is 17.3. The molecular formula is C20H30N2O6S. The molecule has 1 aliphatic heterocycles. The Bertz CT molecular complexity index is 811. The highest BCUT2D eigenvalue weighted by Gasteiger charge is 2.42. The van der Waals surface area contributed by atoms with Crippen molar-refractivity contribution in [2.45, 2.75) is 76.3 Å². The maximum absolute atomic E-state index is 13.3. The van der Waals surface area contributed by atoms with E-state index in [4.69, 9.17) is 9.47 Å². The fourth-order valence-corrected chi connectivity index (χ4v) is 4.86. The summed E-state index contributed by atoms with van der Waals surface area (Å²) in [5.41, 5.74) is 0.610. The predicted molar refractivity (Wildman–Crippen MR) is 107 cm³/mol. The number of unbranched alkanes of at least 4 members (excludes halogenated alkanes) is 1. The third-order valence-electron chi connectivity index (χ3n) is 4.77. The van der Waals surface area contributed by atoms with Crippen LogP contribution in [-0.4, -0.2) is 55.3 Å². The van der Waals surface area contributed by atoms with Crippen LogP contribution < -0.4 is 4.74 Å². The summed E-state index contributed by atoms with van der Waals surface area (Å²) in [5.74, 6) is -0.519. The minimum Gasteiger partial charge on any atom is -0.474 e. The van der Waals surface area contributed by atoms with Crippen molar-refractivity contribution in [1.29, 1.82) is 0 Å². The first kappa shape index (κ1) is 23.3. The lowest BCUT2D eigenvalue weighted by Crippen LogP contribution is -2.41. The second kappa shape index (κ2) is 10.7. The van der Waals surface area contributed by atoms with Crippen molar-refractivity contribution < 1.29 is 27.5 Å². The van der Waals surface area contributed by atoms with E-state index in [1.54, 1.807) is 19.9 Å². The van der Waals surface area contributed by atoms with Crippen LogP contribution in [-0.2, 0) is 24.3 Å². The Morgan fingerprint density at radius 2 is 2.17 bits per heavy atom. The Morgan fingerprint density at radius 3 is 2.86 bits per heavy atom. The van der Waals surface area contributed by atoms with Gasteiger partial charge in [0.15, 0.2) is 0 Å². The van der Waals surface area contributed by atoms with Crippen LogP contribution in [0.15, 0.2) is 17.0 Å². The van der Waals surface area contributed by atoms with Gasteiger partial charge in [0.25, 0.3) is 0 Å². The molecule has 0 amide bonds. The number of esters is 1. The van der Waals surface area contributed by atoms with Crippen LogP contribution in [0.4, 0.5) is 0 Å². The molecule has 0 aromatic carbocycles. The van der Waals surface area contributed by atoms with Crippen LogP contribution in [0.25, 0.3) is 0 Å². The van der Waals surface area contributed by atoms with Gasteiger partial charge >= 0.3 is 5.97 Å². The van der Waals surface area contributed by atoms with Crippen molar-refractivity contribution in [2.24, 2.45) is 0 Å². The predicted octanol–water partition coefficient (Wildman–Crippen LogP) is 2.63. The molecule has 0 aliphatic carbocycles. The minimum absolute atomic E-state index is 0.00611. The smallest absolute Gasteiger partial charge is 0.324 e. The quantitative estimate of drug-likeness (QED) is 0.304. The number of carbonyl (C=O) groups excluding carboxylic acids is 2. The molecule has 162 valence electrons. The van der Waals surface area contributed by atoms with Gasteiger partial charge in [-0.25, -0.2) is 13.4 Å². The number of aromatic nitrogens is 1. The van der Waals surface area contributed by atoms with Crippen LogP contribution in [0, 0.1) is 6.92 Å². The van der Waals surface area contributed by atoms with Crippen molar-refractivity contribution in [2.75, 3.05) is 13.2 Å². The highest BCUT2D eigenvalue weighted by molar-refractivity contribution is 7.89. The van der Waals surface area contributed by atoms with E-state index in [0.717, 1.165) is 19.1 Å².